The highest BCUT2D eigenvalue weighted by molar-refractivity contribution is 6.10. The number of benzene rings is 9. The summed E-state index contributed by atoms with van der Waals surface area (Å²) < 4.78 is 2.41. The van der Waals surface area contributed by atoms with E-state index in [2.05, 4.69) is 242 Å². The van der Waals surface area contributed by atoms with Gasteiger partial charge in [-0.1, -0.05) is 159 Å². The lowest BCUT2D eigenvalue weighted by atomic mass is 9.82. The van der Waals surface area contributed by atoms with Gasteiger partial charge in [0.25, 0.3) is 0 Å². The third-order valence-electron chi connectivity index (χ3n) is 13.6. The number of anilines is 3. The average molecular weight is 807 g/mol. The van der Waals surface area contributed by atoms with Crippen LogP contribution in [-0.2, 0) is 5.41 Å². The molecule has 1 heterocycles. The molecule has 0 amide bonds. The molecule has 0 fully saturated rings. The second kappa shape index (κ2) is 14.8. The summed E-state index contributed by atoms with van der Waals surface area (Å²) in [5, 5.41) is 5.02. The van der Waals surface area contributed by atoms with Crippen molar-refractivity contribution in [2.24, 2.45) is 0 Å². The zero-order valence-electron chi connectivity index (χ0n) is 35.6. The van der Waals surface area contributed by atoms with E-state index in [1.165, 1.54) is 99.6 Å². The second-order valence-corrected chi connectivity index (χ2v) is 17.7. The van der Waals surface area contributed by atoms with E-state index in [0.29, 0.717) is 0 Å². The van der Waals surface area contributed by atoms with Gasteiger partial charge in [-0.25, -0.2) is 0 Å². The van der Waals surface area contributed by atoms with Crippen molar-refractivity contribution in [3.8, 4) is 27.9 Å². The van der Waals surface area contributed by atoms with Gasteiger partial charge < -0.3 is 9.47 Å². The Bertz CT molecular complexity index is 3460. The molecule has 9 aromatic carbocycles. The number of hydrogen-bond donors (Lipinski definition) is 0. The Labute approximate surface area is 369 Å². The summed E-state index contributed by atoms with van der Waals surface area (Å²) in [4.78, 5) is 2.41. The molecule has 0 bridgehead atoms. The minimum Gasteiger partial charge on any atom is -0.310 e. The highest BCUT2D eigenvalue weighted by atomic mass is 15.1. The van der Waals surface area contributed by atoms with Crippen LogP contribution >= 0.6 is 0 Å². The van der Waals surface area contributed by atoms with Crippen LogP contribution < -0.4 is 4.90 Å². The van der Waals surface area contributed by atoms with E-state index in [-0.39, 0.29) is 5.41 Å². The first-order valence-corrected chi connectivity index (χ1v) is 22.2. The number of allylic oxidation sites excluding steroid dienone is 4. The SMILES string of the molecule is CC1(C)c2ccccc2-c2ccc(N(c3ccccc3)c3ccc4cc(C5=CC(c6ccc7c(c6)c6ccccc6n7-c6ccc(-c7ccccc7)cc6)=CCC5)ccc4c3)cc21. The number of rotatable bonds is 7. The van der Waals surface area contributed by atoms with Crippen molar-refractivity contribution >= 4 is 60.8 Å². The van der Waals surface area contributed by atoms with E-state index in [1.807, 2.05) is 0 Å². The molecule has 63 heavy (non-hydrogen) atoms. The fourth-order valence-electron chi connectivity index (χ4n) is 10.4. The number of hydrogen-bond acceptors (Lipinski definition) is 1. The Balaban J connectivity index is 0.867. The minimum absolute atomic E-state index is 0.0727. The zero-order chi connectivity index (χ0) is 42.1. The van der Waals surface area contributed by atoms with Crippen LogP contribution in [0, 0.1) is 0 Å². The molecular weight excluding hydrogens is 761 g/mol. The molecule has 2 aliphatic carbocycles. The standard InChI is InChI=1S/C61H46N2/c1-61(2)57-22-11-9-20-53(57)54-34-33-52(40-58(54)61)62(49-18-7-4-8-19-49)51-32-28-46-37-45(24-25-47(46)38-51)43-16-13-17-44(36-43)48-29-35-60-56(39-48)55-21-10-12-23-59(55)63(60)50-30-26-42(27-31-50)41-14-5-3-6-15-41/h3-12,14-15,17-40H,13,16H2,1-2H3. The molecule has 0 unspecified atom stereocenters. The first-order chi connectivity index (χ1) is 31.0. The molecule has 2 aliphatic rings. The van der Waals surface area contributed by atoms with Gasteiger partial charge in [0.2, 0.25) is 0 Å². The van der Waals surface area contributed by atoms with Crippen LogP contribution in [0.4, 0.5) is 17.1 Å². The summed E-state index contributed by atoms with van der Waals surface area (Å²) in [6, 6.07) is 76.0. The number of fused-ring (bicyclic) bond motifs is 7. The molecule has 300 valence electrons. The van der Waals surface area contributed by atoms with Crippen molar-refractivity contribution in [1.29, 1.82) is 0 Å². The monoisotopic (exact) mass is 806 g/mol. The van der Waals surface area contributed by atoms with Crippen LogP contribution in [0.15, 0.2) is 218 Å². The fraction of sp³-hybridized carbons (Fsp3) is 0.0820. The second-order valence-electron chi connectivity index (χ2n) is 17.7. The van der Waals surface area contributed by atoms with Crippen molar-refractivity contribution in [3.05, 3.63) is 241 Å². The lowest BCUT2D eigenvalue weighted by Gasteiger charge is -2.28. The maximum Gasteiger partial charge on any atom is 0.0541 e. The van der Waals surface area contributed by atoms with Crippen molar-refractivity contribution in [2.45, 2.75) is 32.1 Å². The normalized spacial score (nSPS) is 14.1. The first kappa shape index (κ1) is 37.1. The molecule has 10 aromatic rings. The Morgan fingerprint density at radius 1 is 0.444 bits per heavy atom. The molecule has 0 atom stereocenters. The Kier molecular flexibility index (Phi) is 8.69. The van der Waals surface area contributed by atoms with E-state index in [1.54, 1.807) is 0 Å². The highest BCUT2D eigenvalue weighted by Crippen LogP contribution is 2.51. The molecule has 1 aromatic heterocycles. The largest absolute Gasteiger partial charge is 0.310 e. The Hall–Kier alpha value is -7.68. The van der Waals surface area contributed by atoms with Gasteiger partial charge >= 0.3 is 0 Å². The van der Waals surface area contributed by atoms with Gasteiger partial charge in [-0.2, -0.15) is 0 Å². The molecule has 0 N–H and O–H groups in total. The van der Waals surface area contributed by atoms with Gasteiger partial charge in [0.15, 0.2) is 0 Å². The van der Waals surface area contributed by atoms with Crippen LogP contribution in [0.5, 0.6) is 0 Å². The zero-order valence-corrected chi connectivity index (χ0v) is 35.6. The van der Waals surface area contributed by atoms with Crippen molar-refractivity contribution in [1.82, 2.24) is 4.57 Å². The Morgan fingerprint density at radius 2 is 1.08 bits per heavy atom. The molecule has 0 spiro atoms. The lowest BCUT2D eigenvalue weighted by molar-refractivity contribution is 0.660. The highest BCUT2D eigenvalue weighted by Gasteiger charge is 2.35. The molecule has 12 rings (SSSR count). The van der Waals surface area contributed by atoms with E-state index in [4.69, 9.17) is 0 Å². The predicted molar refractivity (Wildman–Crippen MR) is 268 cm³/mol. The van der Waals surface area contributed by atoms with Crippen molar-refractivity contribution in [3.63, 3.8) is 0 Å². The molecule has 0 saturated heterocycles. The van der Waals surface area contributed by atoms with Crippen LogP contribution in [0.3, 0.4) is 0 Å². The molecule has 2 nitrogen and oxygen atoms in total. The van der Waals surface area contributed by atoms with Gasteiger partial charge in [-0.3, -0.25) is 0 Å². The maximum absolute atomic E-state index is 2.42. The first-order valence-electron chi connectivity index (χ1n) is 22.2. The van der Waals surface area contributed by atoms with Gasteiger partial charge in [-0.05, 0) is 152 Å². The molecule has 0 radical (unpaired) electrons. The van der Waals surface area contributed by atoms with Crippen LogP contribution in [0.2, 0.25) is 0 Å². The van der Waals surface area contributed by atoms with Crippen LogP contribution in [-0.4, -0.2) is 4.57 Å². The van der Waals surface area contributed by atoms with E-state index in [0.717, 1.165) is 24.2 Å². The van der Waals surface area contributed by atoms with Gasteiger partial charge in [-0.15, -0.1) is 0 Å². The van der Waals surface area contributed by atoms with E-state index < -0.39 is 0 Å². The average Bonchev–Trinajstić information content (AvgIpc) is 3.79. The minimum atomic E-state index is -0.0727. The number of nitrogens with zero attached hydrogens (tertiary/aromatic N) is 2. The van der Waals surface area contributed by atoms with E-state index in [9.17, 15) is 0 Å². The van der Waals surface area contributed by atoms with E-state index >= 15 is 0 Å². The third-order valence-corrected chi connectivity index (χ3v) is 13.6. The number of para-hydroxylation sites is 2. The topological polar surface area (TPSA) is 8.17 Å². The fourth-order valence-corrected chi connectivity index (χ4v) is 10.4. The summed E-state index contributed by atoms with van der Waals surface area (Å²) in [6.07, 6.45) is 6.87. The summed E-state index contributed by atoms with van der Waals surface area (Å²) in [6.45, 7) is 4.71. The Morgan fingerprint density at radius 3 is 1.94 bits per heavy atom. The molecular formula is C61H46N2. The molecule has 2 heteroatoms. The smallest absolute Gasteiger partial charge is 0.0541 e. The summed E-state index contributed by atoms with van der Waals surface area (Å²) in [5.41, 5.74) is 20.1. The predicted octanol–water partition coefficient (Wildman–Crippen LogP) is 16.6. The van der Waals surface area contributed by atoms with Crippen molar-refractivity contribution in [2.75, 3.05) is 4.90 Å². The van der Waals surface area contributed by atoms with Gasteiger partial charge in [0.1, 0.15) is 0 Å². The van der Waals surface area contributed by atoms with Crippen LogP contribution in [0.25, 0.3) is 71.7 Å². The molecule has 0 saturated carbocycles. The van der Waals surface area contributed by atoms with Crippen molar-refractivity contribution < 1.29 is 0 Å². The number of aromatic nitrogens is 1. The quantitative estimate of drug-likeness (QED) is 0.156. The summed E-state index contributed by atoms with van der Waals surface area (Å²) in [7, 11) is 0. The lowest BCUT2D eigenvalue weighted by Crippen LogP contribution is -2.16. The van der Waals surface area contributed by atoms with Crippen LogP contribution in [0.1, 0.15) is 48.9 Å². The van der Waals surface area contributed by atoms with Gasteiger partial charge in [0.05, 0.1) is 11.0 Å². The summed E-state index contributed by atoms with van der Waals surface area (Å²) in [5.74, 6) is 0. The maximum atomic E-state index is 2.42. The molecule has 0 aliphatic heterocycles. The third kappa shape index (κ3) is 6.24. The van der Waals surface area contributed by atoms with Gasteiger partial charge in [0, 0.05) is 38.9 Å². The summed E-state index contributed by atoms with van der Waals surface area (Å²) >= 11 is 0.